The van der Waals surface area contributed by atoms with Crippen molar-refractivity contribution >= 4 is 28.8 Å². The molecule has 0 saturated carbocycles. The summed E-state index contributed by atoms with van der Waals surface area (Å²) < 4.78 is 6.17. The summed E-state index contributed by atoms with van der Waals surface area (Å²) in [6, 6.07) is 3.30. The monoisotopic (exact) mass is 433 g/mol. The molecule has 6 nitrogen and oxygen atoms in total. The number of carbonyl (C=O) groups is 2. The van der Waals surface area contributed by atoms with E-state index < -0.39 is 6.04 Å². The van der Waals surface area contributed by atoms with Crippen molar-refractivity contribution in [2.24, 2.45) is 0 Å². The molecule has 2 aromatic rings. The van der Waals surface area contributed by atoms with Gasteiger partial charge in [-0.05, 0) is 44.4 Å². The minimum absolute atomic E-state index is 0.0201. The predicted octanol–water partition coefficient (Wildman–Crippen LogP) is 3.85. The van der Waals surface area contributed by atoms with Crippen molar-refractivity contribution in [1.29, 1.82) is 0 Å². The molecule has 0 radical (unpaired) electrons. The normalized spacial score (nSPS) is 24.2. The Morgan fingerprint density at radius 1 is 1.31 bits per heavy atom. The lowest BCUT2D eigenvalue weighted by atomic mass is 9.84. The van der Waals surface area contributed by atoms with Gasteiger partial charge in [0.05, 0.1) is 0 Å². The van der Waals surface area contributed by atoms with E-state index in [9.17, 15) is 9.59 Å². The van der Waals surface area contributed by atoms with Crippen molar-refractivity contribution < 1.29 is 14.3 Å². The number of hydrogen-bond acceptors (Lipinski definition) is 3. The van der Waals surface area contributed by atoms with Gasteiger partial charge in [0.15, 0.2) is 0 Å². The molecule has 0 unspecified atom stereocenters. The van der Waals surface area contributed by atoms with Crippen LogP contribution in [0, 0.1) is 0 Å². The Morgan fingerprint density at radius 3 is 2.84 bits per heavy atom. The van der Waals surface area contributed by atoms with Crippen molar-refractivity contribution in [3.63, 3.8) is 0 Å². The van der Waals surface area contributed by atoms with Crippen LogP contribution in [-0.4, -0.2) is 45.9 Å². The minimum atomic E-state index is -0.558. The molecule has 1 aromatic heterocycles. The second kappa shape index (κ2) is 6.99. The highest BCUT2D eigenvalue weighted by molar-refractivity contribution is 5.98. The van der Waals surface area contributed by atoms with Crippen LogP contribution in [0.3, 0.4) is 0 Å². The van der Waals surface area contributed by atoms with Gasteiger partial charge in [-0.2, -0.15) is 0 Å². The van der Waals surface area contributed by atoms with E-state index in [4.69, 9.17) is 4.74 Å². The topological polar surface area (TPSA) is 74.4 Å². The van der Waals surface area contributed by atoms with Crippen molar-refractivity contribution in [1.82, 2.24) is 15.2 Å². The second-order valence-electron chi connectivity index (χ2n) is 10.3. The summed E-state index contributed by atoms with van der Waals surface area (Å²) in [4.78, 5) is 31.2. The van der Waals surface area contributed by atoms with Crippen LogP contribution in [0.5, 0.6) is 5.75 Å². The minimum Gasteiger partial charge on any atom is -0.483 e. The molecule has 0 aliphatic carbocycles. The maximum Gasteiger partial charge on any atom is 0.246 e. The maximum atomic E-state index is 13.2. The Hall–Kier alpha value is -3.02. The Bertz CT molecular complexity index is 1170. The molecule has 3 aliphatic rings. The molecule has 6 heteroatoms. The summed E-state index contributed by atoms with van der Waals surface area (Å²) in [6.07, 6.45) is 8.14. The molecular formula is C26H31N3O3. The third-order valence-corrected chi connectivity index (χ3v) is 7.09. The third-order valence-electron chi connectivity index (χ3n) is 7.09. The number of hydrogen-bond donors (Lipinski definition) is 2. The summed E-state index contributed by atoms with van der Waals surface area (Å²) in [5, 5.41) is 4.05. The van der Waals surface area contributed by atoms with Crippen molar-refractivity contribution in [2.45, 2.75) is 70.1 Å². The van der Waals surface area contributed by atoms with E-state index in [0.717, 1.165) is 46.3 Å². The van der Waals surface area contributed by atoms with Crippen LogP contribution >= 0.6 is 0 Å². The van der Waals surface area contributed by atoms with E-state index in [1.807, 2.05) is 26.0 Å². The lowest BCUT2D eigenvalue weighted by Crippen LogP contribution is -2.61. The van der Waals surface area contributed by atoms with Crippen LogP contribution in [0.25, 0.3) is 17.0 Å². The van der Waals surface area contributed by atoms with Gasteiger partial charge in [0.25, 0.3) is 0 Å². The van der Waals surface area contributed by atoms with E-state index in [1.54, 1.807) is 4.90 Å². The van der Waals surface area contributed by atoms with Gasteiger partial charge in [0.1, 0.15) is 23.4 Å². The lowest BCUT2D eigenvalue weighted by molar-refractivity contribution is -0.146. The van der Waals surface area contributed by atoms with E-state index in [2.05, 4.69) is 48.9 Å². The number of piperazine rings is 1. The number of nitrogens with one attached hydrogen (secondary N) is 2. The molecule has 2 atom stereocenters. The second-order valence-corrected chi connectivity index (χ2v) is 10.3. The average Bonchev–Trinajstić information content (AvgIpc) is 3.36. The number of nitrogens with zero attached hydrogens (tertiary/aromatic N) is 1. The summed E-state index contributed by atoms with van der Waals surface area (Å²) in [6.45, 7) is 13.0. The van der Waals surface area contributed by atoms with Gasteiger partial charge in [0, 0.05) is 46.6 Å². The average molecular weight is 434 g/mol. The van der Waals surface area contributed by atoms with Crippen LogP contribution in [-0.2, 0) is 21.4 Å². The molecule has 0 spiro atoms. The molecule has 5 rings (SSSR count). The van der Waals surface area contributed by atoms with Crippen molar-refractivity contribution in [2.75, 3.05) is 6.54 Å². The number of carbonyl (C=O) groups excluding carboxylic acids is 2. The Morgan fingerprint density at radius 2 is 2.09 bits per heavy atom. The van der Waals surface area contributed by atoms with E-state index in [1.165, 1.54) is 0 Å². The highest BCUT2D eigenvalue weighted by atomic mass is 16.5. The number of allylic oxidation sites excluding steroid dienone is 1. The zero-order chi connectivity index (χ0) is 22.8. The van der Waals surface area contributed by atoms with Gasteiger partial charge < -0.3 is 19.9 Å². The number of aromatic nitrogens is 1. The van der Waals surface area contributed by atoms with Gasteiger partial charge in [0.2, 0.25) is 11.8 Å². The molecule has 0 bridgehead atoms. The molecule has 32 heavy (non-hydrogen) atoms. The first kappa shape index (κ1) is 20.9. The van der Waals surface area contributed by atoms with Gasteiger partial charge >= 0.3 is 0 Å². The maximum absolute atomic E-state index is 13.2. The molecular weight excluding hydrogens is 402 g/mol. The van der Waals surface area contributed by atoms with Gasteiger partial charge in [-0.1, -0.05) is 26.0 Å². The molecule has 2 fully saturated rings. The molecule has 4 heterocycles. The largest absolute Gasteiger partial charge is 0.483 e. The van der Waals surface area contributed by atoms with E-state index >= 15 is 0 Å². The number of H-pyrrole nitrogens is 1. The zero-order valence-corrected chi connectivity index (χ0v) is 19.2. The molecule has 2 saturated heterocycles. The standard InChI is InChI=1S/C26H31N3O3/c1-6-25(2,3)22-17(13-19-24(31)29-11-7-8-20(29)23(30)28-19)16-12-15-9-10-26(4,5)32-21(15)14-18(16)27-22/h6,9-10,12,14,19-20,27H,1,7-8,11,13H2,2-5H3,(H,28,30)/t19-,20+/m0/s1. The fourth-order valence-corrected chi connectivity index (χ4v) is 5.16. The fourth-order valence-electron chi connectivity index (χ4n) is 5.16. The summed E-state index contributed by atoms with van der Waals surface area (Å²) in [7, 11) is 0. The third kappa shape index (κ3) is 3.24. The molecule has 3 aliphatic heterocycles. The van der Waals surface area contributed by atoms with E-state index in [-0.39, 0.29) is 28.9 Å². The number of fused-ring (bicyclic) bond motifs is 3. The molecule has 1 aromatic carbocycles. The van der Waals surface area contributed by atoms with Gasteiger partial charge in [-0.3, -0.25) is 9.59 Å². The van der Waals surface area contributed by atoms with Crippen molar-refractivity contribution in [3.05, 3.63) is 47.7 Å². The number of rotatable bonds is 4. The lowest BCUT2D eigenvalue weighted by Gasteiger charge is -2.35. The van der Waals surface area contributed by atoms with Crippen LogP contribution in [0.1, 0.15) is 57.4 Å². The van der Waals surface area contributed by atoms with Gasteiger partial charge in [-0.25, -0.2) is 0 Å². The summed E-state index contributed by atoms with van der Waals surface area (Å²) >= 11 is 0. The molecule has 168 valence electrons. The Labute approximate surface area is 188 Å². The Kier molecular flexibility index (Phi) is 4.56. The van der Waals surface area contributed by atoms with Crippen LogP contribution in [0.15, 0.2) is 30.9 Å². The highest BCUT2D eigenvalue weighted by Crippen LogP contribution is 2.39. The van der Waals surface area contributed by atoms with Crippen LogP contribution < -0.4 is 10.1 Å². The first-order valence-electron chi connectivity index (χ1n) is 11.4. The van der Waals surface area contributed by atoms with Crippen molar-refractivity contribution in [3.8, 4) is 5.75 Å². The van der Waals surface area contributed by atoms with Crippen LogP contribution in [0.2, 0.25) is 0 Å². The van der Waals surface area contributed by atoms with Crippen LogP contribution in [0.4, 0.5) is 0 Å². The number of ether oxygens (including phenoxy) is 1. The zero-order valence-electron chi connectivity index (χ0n) is 19.2. The molecule has 2 N–H and O–H groups in total. The summed E-state index contributed by atoms with van der Waals surface area (Å²) in [5.41, 5.74) is 3.34. The highest BCUT2D eigenvalue weighted by Gasteiger charge is 2.43. The molecule has 2 amide bonds. The summed E-state index contributed by atoms with van der Waals surface area (Å²) in [5.74, 6) is 0.821. The Balaban J connectivity index is 1.60. The quantitative estimate of drug-likeness (QED) is 0.720. The number of benzene rings is 1. The first-order chi connectivity index (χ1) is 15.1. The van der Waals surface area contributed by atoms with Gasteiger partial charge in [-0.15, -0.1) is 6.58 Å². The predicted molar refractivity (Wildman–Crippen MR) is 126 cm³/mol. The number of aromatic amines is 1. The van der Waals surface area contributed by atoms with E-state index in [0.29, 0.717) is 13.0 Å². The number of amides is 2. The smallest absolute Gasteiger partial charge is 0.246 e. The first-order valence-corrected chi connectivity index (χ1v) is 11.4. The SMILES string of the molecule is C=CC(C)(C)c1[nH]c2cc3c(cc2c1C[C@@H]1NC(=O)[C@H]2CCCN2C1=O)C=CC(C)(C)O3. The fraction of sp³-hybridized carbons (Fsp3) is 0.462.